The van der Waals surface area contributed by atoms with Gasteiger partial charge in [0.2, 0.25) is 0 Å². The molecule has 0 N–H and O–H groups in total. The van der Waals surface area contributed by atoms with Gasteiger partial charge in [-0.2, -0.15) is 0 Å². The lowest BCUT2D eigenvalue weighted by atomic mass is 10.1. The fourth-order valence-electron chi connectivity index (χ4n) is 5.16. The lowest BCUT2D eigenvalue weighted by Crippen LogP contribution is -2.01. The Morgan fingerprint density at radius 2 is 1.00 bits per heavy atom. The zero-order valence-electron chi connectivity index (χ0n) is 22.2. The van der Waals surface area contributed by atoms with Gasteiger partial charge in [-0.25, -0.2) is 0 Å². The molecule has 5 heteroatoms. The van der Waals surface area contributed by atoms with Gasteiger partial charge < -0.3 is 0 Å². The van der Waals surface area contributed by atoms with E-state index in [0.29, 0.717) is 0 Å². The summed E-state index contributed by atoms with van der Waals surface area (Å²) in [5.74, 6) is 1.68. The van der Waals surface area contributed by atoms with Gasteiger partial charge in [0.1, 0.15) is 0 Å². The van der Waals surface area contributed by atoms with Crippen molar-refractivity contribution in [2.45, 2.75) is 0 Å². The van der Waals surface area contributed by atoms with Gasteiger partial charge in [0.05, 0.1) is 16.7 Å². The molecule has 0 atom stereocenters. The van der Waals surface area contributed by atoms with Gasteiger partial charge in [-0.3, -0.25) is 14.5 Å². The van der Waals surface area contributed by atoms with Crippen LogP contribution in [0.2, 0.25) is 0 Å². The zero-order valence-corrected chi connectivity index (χ0v) is 22.2. The van der Waals surface area contributed by atoms with E-state index in [9.17, 15) is 0 Å². The molecule has 3 aromatic heterocycles. The molecule has 8 aromatic rings. The number of benzene rings is 5. The minimum Gasteiger partial charge on any atom is -0.274 e. The third kappa shape index (κ3) is 4.70. The Morgan fingerprint density at radius 3 is 1.76 bits per heavy atom. The van der Waals surface area contributed by atoms with Crippen molar-refractivity contribution in [2.24, 2.45) is 0 Å². The number of fused-ring (bicyclic) bond motifs is 4. The molecule has 5 nitrogen and oxygen atoms in total. The molecule has 0 aliphatic heterocycles. The first-order valence-corrected chi connectivity index (χ1v) is 13.5. The fraction of sp³-hybridized carbons (Fsp3) is 0. The Bertz CT molecular complexity index is 1980. The summed E-state index contributed by atoms with van der Waals surface area (Å²) in [7, 11) is 0. The normalized spacial score (nSPS) is 10.9. The van der Waals surface area contributed by atoms with Crippen LogP contribution in [-0.4, -0.2) is 24.7 Å². The third-order valence-corrected chi connectivity index (χ3v) is 7.09. The van der Waals surface area contributed by atoms with Gasteiger partial charge in [0, 0.05) is 39.7 Å². The molecule has 0 saturated heterocycles. The average Bonchev–Trinajstić information content (AvgIpc) is 3.51. The molecule has 0 aliphatic carbocycles. The second-order valence-electron chi connectivity index (χ2n) is 9.62. The number of rotatable bonds is 3. The van der Waals surface area contributed by atoms with Crippen molar-refractivity contribution in [3.63, 3.8) is 0 Å². The summed E-state index contributed by atoms with van der Waals surface area (Å²) < 4.78 is 2.16. The molecule has 8 rings (SSSR count). The van der Waals surface area contributed by atoms with E-state index in [0.717, 1.165) is 50.3 Å². The number of aromatic nitrogens is 5. The number of hydrogen-bond acceptors (Lipinski definition) is 4. The quantitative estimate of drug-likeness (QED) is 0.216. The minimum atomic E-state index is 0.839. The van der Waals surface area contributed by atoms with E-state index in [1.165, 1.54) is 10.8 Å². The number of nitrogens with zero attached hydrogens (tertiary/aromatic N) is 5. The highest BCUT2D eigenvalue weighted by Gasteiger charge is 2.18. The molecule has 0 spiro atoms. The molecular formula is C36H25N5. The summed E-state index contributed by atoms with van der Waals surface area (Å²) >= 11 is 0. The lowest BCUT2D eigenvalue weighted by molar-refractivity contribution is 1.08. The van der Waals surface area contributed by atoms with Crippen LogP contribution < -0.4 is 0 Å². The zero-order chi connectivity index (χ0) is 27.4. The van der Waals surface area contributed by atoms with Crippen molar-refractivity contribution < 1.29 is 0 Å². The van der Waals surface area contributed by atoms with E-state index in [-0.39, 0.29) is 0 Å². The van der Waals surface area contributed by atoms with Crippen LogP contribution in [0.5, 0.6) is 0 Å². The predicted octanol–water partition coefficient (Wildman–Crippen LogP) is 8.54. The van der Waals surface area contributed by atoms with Crippen LogP contribution in [0.3, 0.4) is 0 Å². The van der Waals surface area contributed by atoms with Crippen LogP contribution in [-0.2, 0) is 0 Å². The van der Waals surface area contributed by atoms with Crippen molar-refractivity contribution in [1.29, 1.82) is 0 Å². The van der Waals surface area contributed by atoms with Crippen molar-refractivity contribution in [2.75, 3.05) is 0 Å². The molecule has 0 bridgehead atoms. The van der Waals surface area contributed by atoms with Crippen molar-refractivity contribution in [3.8, 4) is 28.5 Å². The lowest BCUT2D eigenvalue weighted by Gasteiger charge is -2.13. The number of pyridine rings is 2. The second-order valence-corrected chi connectivity index (χ2v) is 9.62. The maximum absolute atomic E-state index is 4.56. The first-order chi connectivity index (χ1) is 20.4. The molecule has 0 fully saturated rings. The van der Waals surface area contributed by atoms with Crippen LogP contribution in [0, 0.1) is 0 Å². The van der Waals surface area contributed by atoms with Crippen molar-refractivity contribution in [3.05, 3.63) is 152 Å². The molecule has 0 saturated carbocycles. The van der Waals surface area contributed by atoms with E-state index in [1.807, 2.05) is 60.8 Å². The SMILES string of the molecule is c1ccc(-c2nnc(-c3ccccc3)n2-c2cccc3ccccc23)cc1.c1cnc2c(c1)ccc1ncccc12. The summed E-state index contributed by atoms with van der Waals surface area (Å²) in [6.07, 6.45) is 3.62. The summed E-state index contributed by atoms with van der Waals surface area (Å²) in [6, 6.07) is 47.3. The Kier molecular flexibility index (Phi) is 6.44. The van der Waals surface area contributed by atoms with Gasteiger partial charge in [0.15, 0.2) is 11.6 Å². The molecule has 0 amide bonds. The van der Waals surface area contributed by atoms with Crippen LogP contribution in [0.1, 0.15) is 0 Å². The highest BCUT2D eigenvalue weighted by Crippen LogP contribution is 2.32. The van der Waals surface area contributed by atoms with Crippen LogP contribution in [0.15, 0.2) is 152 Å². The van der Waals surface area contributed by atoms with Gasteiger partial charge in [-0.1, -0.05) is 109 Å². The predicted molar refractivity (Wildman–Crippen MR) is 167 cm³/mol. The van der Waals surface area contributed by atoms with Crippen molar-refractivity contribution >= 4 is 32.6 Å². The standard InChI is InChI=1S/C24H17N3.C12H8N2/c1-3-11-19(12-4-1)23-25-26-24(20-13-5-2-6-14-20)27(23)22-17-9-15-18-10-7-8-16-21(18)22;1-3-9-5-6-11-10(4-2-7-13-11)12(9)14-8-1/h1-17H;1-8H. The third-order valence-electron chi connectivity index (χ3n) is 7.09. The topological polar surface area (TPSA) is 56.5 Å². The Hall–Kier alpha value is -5.68. The molecular weight excluding hydrogens is 502 g/mol. The van der Waals surface area contributed by atoms with Gasteiger partial charge in [-0.15, -0.1) is 10.2 Å². The van der Waals surface area contributed by atoms with E-state index in [1.54, 1.807) is 6.20 Å². The molecule has 0 unspecified atom stereocenters. The summed E-state index contributed by atoms with van der Waals surface area (Å²) in [4.78, 5) is 8.66. The monoisotopic (exact) mass is 527 g/mol. The number of hydrogen-bond donors (Lipinski definition) is 0. The highest BCUT2D eigenvalue weighted by atomic mass is 15.3. The first-order valence-electron chi connectivity index (χ1n) is 13.5. The van der Waals surface area contributed by atoms with Gasteiger partial charge in [0.25, 0.3) is 0 Å². The molecule has 0 radical (unpaired) electrons. The van der Waals surface area contributed by atoms with Gasteiger partial charge in [-0.05, 0) is 35.7 Å². The molecule has 0 aliphatic rings. The molecule has 3 heterocycles. The Labute approximate surface area is 237 Å². The van der Waals surface area contributed by atoms with E-state index >= 15 is 0 Å². The highest BCUT2D eigenvalue weighted by molar-refractivity contribution is 6.03. The minimum absolute atomic E-state index is 0.839. The Balaban J connectivity index is 0.000000165. The summed E-state index contributed by atoms with van der Waals surface area (Å²) in [5.41, 5.74) is 5.19. The summed E-state index contributed by atoms with van der Waals surface area (Å²) in [5, 5.41) is 13.8. The van der Waals surface area contributed by atoms with E-state index in [4.69, 9.17) is 0 Å². The maximum atomic E-state index is 4.56. The van der Waals surface area contributed by atoms with Crippen LogP contribution >= 0.6 is 0 Å². The first kappa shape index (κ1) is 24.4. The van der Waals surface area contributed by atoms with Crippen LogP contribution in [0.4, 0.5) is 0 Å². The molecule has 194 valence electrons. The van der Waals surface area contributed by atoms with Crippen LogP contribution in [0.25, 0.3) is 61.0 Å². The van der Waals surface area contributed by atoms with E-state index in [2.05, 4.69) is 110 Å². The maximum Gasteiger partial charge on any atom is 0.168 e. The van der Waals surface area contributed by atoms with Crippen molar-refractivity contribution in [1.82, 2.24) is 24.7 Å². The van der Waals surface area contributed by atoms with E-state index < -0.39 is 0 Å². The average molecular weight is 528 g/mol. The Morgan fingerprint density at radius 1 is 0.415 bits per heavy atom. The summed E-state index contributed by atoms with van der Waals surface area (Å²) in [6.45, 7) is 0. The second kappa shape index (κ2) is 10.8. The molecule has 5 aromatic carbocycles. The smallest absolute Gasteiger partial charge is 0.168 e. The molecule has 41 heavy (non-hydrogen) atoms. The fourth-order valence-corrected chi connectivity index (χ4v) is 5.16. The van der Waals surface area contributed by atoms with Gasteiger partial charge >= 0.3 is 0 Å². The largest absolute Gasteiger partial charge is 0.274 e.